The van der Waals surface area contributed by atoms with Crippen LogP contribution in [0.25, 0.3) is 11.4 Å². The molecule has 0 aliphatic rings. The monoisotopic (exact) mass is 262 g/mol. The van der Waals surface area contributed by atoms with Crippen molar-refractivity contribution in [2.75, 3.05) is 7.11 Å². The van der Waals surface area contributed by atoms with Crippen LogP contribution in [0, 0.1) is 5.92 Å². The Morgan fingerprint density at radius 1 is 1.37 bits per heavy atom. The Balaban J connectivity index is 2.16. The van der Waals surface area contributed by atoms with Crippen LogP contribution in [-0.4, -0.2) is 28.5 Å². The average molecular weight is 262 g/mol. The Morgan fingerprint density at radius 2 is 2.16 bits per heavy atom. The van der Waals surface area contributed by atoms with Gasteiger partial charge in [-0.3, -0.25) is 0 Å². The molecule has 1 aromatic carbocycles. The summed E-state index contributed by atoms with van der Waals surface area (Å²) >= 11 is 0. The van der Waals surface area contributed by atoms with Gasteiger partial charge >= 0.3 is 0 Å². The molecule has 1 atom stereocenters. The SMILES string of the molecule is COc1cccc(-c2noc(CC(O)C(C)C)n2)c1. The Kier molecular flexibility index (Phi) is 4.16. The molecular weight excluding hydrogens is 244 g/mol. The van der Waals surface area contributed by atoms with Gasteiger partial charge in [-0.2, -0.15) is 4.98 Å². The summed E-state index contributed by atoms with van der Waals surface area (Å²) in [6.45, 7) is 3.90. The van der Waals surface area contributed by atoms with Crippen molar-refractivity contribution in [3.05, 3.63) is 30.2 Å². The maximum absolute atomic E-state index is 9.79. The van der Waals surface area contributed by atoms with Gasteiger partial charge in [-0.1, -0.05) is 31.1 Å². The highest BCUT2D eigenvalue weighted by molar-refractivity contribution is 5.56. The zero-order chi connectivity index (χ0) is 13.8. The molecule has 0 fully saturated rings. The average Bonchev–Trinajstić information content (AvgIpc) is 2.87. The van der Waals surface area contributed by atoms with Gasteiger partial charge in [0.2, 0.25) is 11.7 Å². The van der Waals surface area contributed by atoms with Gasteiger partial charge in [0.05, 0.1) is 19.6 Å². The van der Waals surface area contributed by atoms with Crippen molar-refractivity contribution >= 4 is 0 Å². The maximum Gasteiger partial charge on any atom is 0.229 e. The highest BCUT2D eigenvalue weighted by Gasteiger charge is 2.16. The molecule has 0 spiro atoms. The number of benzene rings is 1. The fraction of sp³-hybridized carbons (Fsp3) is 0.429. The molecule has 0 saturated carbocycles. The normalized spacial score (nSPS) is 12.7. The first kappa shape index (κ1) is 13.5. The summed E-state index contributed by atoms with van der Waals surface area (Å²) in [5, 5.41) is 13.7. The van der Waals surface area contributed by atoms with Gasteiger partial charge < -0.3 is 14.4 Å². The third-order valence-electron chi connectivity index (χ3n) is 2.95. The van der Waals surface area contributed by atoms with E-state index in [1.807, 2.05) is 38.1 Å². The second kappa shape index (κ2) is 5.84. The summed E-state index contributed by atoms with van der Waals surface area (Å²) in [6, 6.07) is 7.45. The zero-order valence-electron chi connectivity index (χ0n) is 11.3. The van der Waals surface area contributed by atoms with Gasteiger partial charge in [0.1, 0.15) is 5.75 Å². The molecule has 1 heterocycles. The van der Waals surface area contributed by atoms with E-state index < -0.39 is 6.10 Å². The predicted octanol–water partition coefficient (Wildman–Crippen LogP) is 2.30. The lowest BCUT2D eigenvalue weighted by atomic mass is 10.0. The zero-order valence-corrected chi connectivity index (χ0v) is 11.3. The molecule has 1 N–H and O–H groups in total. The lowest BCUT2D eigenvalue weighted by Crippen LogP contribution is -2.17. The van der Waals surface area contributed by atoms with Crippen LogP contribution >= 0.6 is 0 Å². The van der Waals surface area contributed by atoms with Crippen LogP contribution < -0.4 is 4.74 Å². The number of aromatic nitrogens is 2. The third-order valence-corrected chi connectivity index (χ3v) is 2.95. The van der Waals surface area contributed by atoms with E-state index in [4.69, 9.17) is 9.26 Å². The quantitative estimate of drug-likeness (QED) is 0.895. The van der Waals surface area contributed by atoms with Crippen molar-refractivity contribution in [1.29, 1.82) is 0 Å². The van der Waals surface area contributed by atoms with Crippen molar-refractivity contribution in [1.82, 2.24) is 10.1 Å². The molecule has 0 amide bonds. The van der Waals surface area contributed by atoms with Crippen LogP contribution in [0.3, 0.4) is 0 Å². The van der Waals surface area contributed by atoms with E-state index in [2.05, 4.69) is 10.1 Å². The van der Waals surface area contributed by atoms with Crippen molar-refractivity contribution < 1.29 is 14.4 Å². The van der Waals surface area contributed by atoms with E-state index in [1.54, 1.807) is 7.11 Å². The Hall–Kier alpha value is -1.88. The van der Waals surface area contributed by atoms with E-state index in [1.165, 1.54) is 0 Å². The second-order valence-electron chi connectivity index (χ2n) is 4.76. The largest absolute Gasteiger partial charge is 0.497 e. The molecule has 0 aliphatic heterocycles. The molecule has 5 nitrogen and oxygen atoms in total. The number of methoxy groups -OCH3 is 1. The van der Waals surface area contributed by atoms with Crippen molar-refractivity contribution in [3.8, 4) is 17.1 Å². The van der Waals surface area contributed by atoms with Crippen LogP contribution in [0.4, 0.5) is 0 Å². The van der Waals surface area contributed by atoms with Gasteiger partial charge in [0.25, 0.3) is 0 Å². The predicted molar refractivity (Wildman–Crippen MR) is 70.8 cm³/mol. The van der Waals surface area contributed by atoms with E-state index in [0.29, 0.717) is 18.1 Å². The number of hydrogen-bond donors (Lipinski definition) is 1. The summed E-state index contributed by atoms with van der Waals surface area (Å²) < 4.78 is 10.3. The highest BCUT2D eigenvalue weighted by atomic mass is 16.5. The summed E-state index contributed by atoms with van der Waals surface area (Å²) in [5.41, 5.74) is 0.827. The Labute approximate surface area is 112 Å². The number of aliphatic hydroxyl groups excluding tert-OH is 1. The van der Waals surface area contributed by atoms with Crippen LogP contribution in [0.5, 0.6) is 5.75 Å². The first-order chi connectivity index (χ1) is 9.10. The van der Waals surface area contributed by atoms with E-state index in [9.17, 15) is 5.11 Å². The van der Waals surface area contributed by atoms with Gasteiger partial charge in [-0.05, 0) is 18.1 Å². The maximum atomic E-state index is 9.79. The standard InChI is InChI=1S/C14H18N2O3/c1-9(2)12(17)8-13-15-14(16-19-13)10-5-4-6-11(7-10)18-3/h4-7,9,12,17H,8H2,1-3H3. The van der Waals surface area contributed by atoms with Gasteiger partial charge in [-0.15, -0.1) is 0 Å². The topological polar surface area (TPSA) is 68.4 Å². The van der Waals surface area contributed by atoms with Crippen molar-refractivity contribution in [2.45, 2.75) is 26.4 Å². The lowest BCUT2D eigenvalue weighted by molar-refractivity contribution is 0.116. The Bertz CT molecular complexity index is 537. The fourth-order valence-corrected chi connectivity index (χ4v) is 1.63. The molecule has 5 heteroatoms. The lowest BCUT2D eigenvalue weighted by Gasteiger charge is -2.10. The molecule has 2 rings (SSSR count). The summed E-state index contributed by atoms with van der Waals surface area (Å²) in [4.78, 5) is 4.28. The number of nitrogens with zero attached hydrogens (tertiary/aromatic N) is 2. The van der Waals surface area contributed by atoms with Crippen LogP contribution in [0.2, 0.25) is 0 Å². The first-order valence-corrected chi connectivity index (χ1v) is 6.25. The molecule has 102 valence electrons. The third kappa shape index (κ3) is 3.32. The van der Waals surface area contributed by atoms with Gasteiger partial charge in [-0.25, -0.2) is 0 Å². The van der Waals surface area contributed by atoms with Crippen LogP contribution in [-0.2, 0) is 6.42 Å². The molecular formula is C14H18N2O3. The molecule has 0 bridgehead atoms. The first-order valence-electron chi connectivity index (χ1n) is 6.25. The molecule has 19 heavy (non-hydrogen) atoms. The smallest absolute Gasteiger partial charge is 0.229 e. The minimum absolute atomic E-state index is 0.159. The summed E-state index contributed by atoms with van der Waals surface area (Å²) in [5.74, 6) is 1.85. The number of aliphatic hydroxyl groups is 1. The van der Waals surface area contributed by atoms with Gasteiger partial charge in [0.15, 0.2) is 0 Å². The van der Waals surface area contributed by atoms with Crippen LogP contribution in [0.1, 0.15) is 19.7 Å². The van der Waals surface area contributed by atoms with Crippen LogP contribution in [0.15, 0.2) is 28.8 Å². The minimum atomic E-state index is -0.474. The van der Waals surface area contributed by atoms with E-state index in [-0.39, 0.29) is 5.92 Å². The highest BCUT2D eigenvalue weighted by Crippen LogP contribution is 2.21. The molecule has 0 radical (unpaired) electrons. The van der Waals surface area contributed by atoms with Crippen molar-refractivity contribution in [2.24, 2.45) is 5.92 Å². The number of rotatable bonds is 5. The van der Waals surface area contributed by atoms with E-state index in [0.717, 1.165) is 11.3 Å². The molecule has 2 aromatic rings. The van der Waals surface area contributed by atoms with E-state index >= 15 is 0 Å². The molecule has 1 aromatic heterocycles. The molecule has 1 unspecified atom stereocenters. The fourth-order valence-electron chi connectivity index (χ4n) is 1.63. The summed E-state index contributed by atoms with van der Waals surface area (Å²) in [7, 11) is 1.61. The summed E-state index contributed by atoms with van der Waals surface area (Å²) in [6.07, 6.45) is -0.104. The molecule has 0 aliphatic carbocycles. The number of ether oxygens (including phenoxy) is 1. The van der Waals surface area contributed by atoms with Gasteiger partial charge in [0, 0.05) is 5.56 Å². The molecule has 0 saturated heterocycles. The minimum Gasteiger partial charge on any atom is -0.497 e. The number of hydrogen-bond acceptors (Lipinski definition) is 5. The Morgan fingerprint density at radius 3 is 2.84 bits per heavy atom. The van der Waals surface area contributed by atoms with Crippen molar-refractivity contribution in [3.63, 3.8) is 0 Å². The second-order valence-corrected chi connectivity index (χ2v) is 4.76.